The lowest BCUT2D eigenvalue weighted by Gasteiger charge is -2.07. The molecule has 58 valence electrons. The highest BCUT2D eigenvalue weighted by Gasteiger charge is 2.24. The molecule has 1 aliphatic rings. The van der Waals surface area contributed by atoms with Gasteiger partial charge < -0.3 is 4.74 Å². The smallest absolute Gasteiger partial charge is 0.161 e. The predicted octanol–water partition coefficient (Wildman–Crippen LogP) is 1.53. The molecule has 1 aliphatic carbocycles. The first-order chi connectivity index (χ1) is 4.84. The summed E-state index contributed by atoms with van der Waals surface area (Å²) in [5, 5.41) is 0. The van der Waals surface area contributed by atoms with E-state index in [-0.39, 0.29) is 6.10 Å². The van der Waals surface area contributed by atoms with Crippen LogP contribution in [0.25, 0.3) is 0 Å². The maximum Gasteiger partial charge on any atom is 0.161 e. The second-order valence-corrected chi connectivity index (χ2v) is 2.72. The summed E-state index contributed by atoms with van der Waals surface area (Å²) in [5.74, 6) is 0.299. The summed E-state index contributed by atoms with van der Waals surface area (Å²) >= 11 is 0. The molecule has 1 atom stereocenters. The lowest BCUT2D eigenvalue weighted by atomic mass is 10.3. The SMILES string of the molecule is CCCO[C@H]1CCCC1=O. The molecule has 10 heavy (non-hydrogen) atoms. The highest BCUT2D eigenvalue weighted by molar-refractivity contribution is 5.84. The number of rotatable bonds is 3. The van der Waals surface area contributed by atoms with Gasteiger partial charge in [-0.25, -0.2) is 0 Å². The third kappa shape index (κ3) is 1.81. The average Bonchev–Trinajstić information content (AvgIpc) is 2.31. The highest BCUT2D eigenvalue weighted by atomic mass is 16.5. The second kappa shape index (κ2) is 3.71. The van der Waals surface area contributed by atoms with Crippen molar-refractivity contribution in [1.82, 2.24) is 0 Å². The third-order valence-corrected chi connectivity index (χ3v) is 1.77. The number of ether oxygens (including phenoxy) is 1. The molecular formula is C8H14O2. The summed E-state index contributed by atoms with van der Waals surface area (Å²) in [5.41, 5.74) is 0. The summed E-state index contributed by atoms with van der Waals surface area (Å²) in [6, 6.07) is 0. The van der Waals surface area contributed by atoms with Crippen molar-refractivity contribution < 1.29 is 9.53 Å². The molecule has 0 radical (unpaired) electrons. The molecule has 0 bridgehead atoms. The molecule has 0 aliphatic heterocycles. The quantitative estimate of drug-likeness (QED) is 0.597. The molecular weight excluding hydrogens is 128 g/mol. The fourth-order valence-corrected chi connectivity index (χ4v) is 1.22. The molecule has 0 aromatic heterocycles. The zero-order valence-corrected chi connectivity index (χ0v) is 6.43. The summed E-state index contributed by atoms with van der Waals surface area (Å²) in [6.07, 6.45) is 3.64. The van der Waals surface area contributed by atoms with Crippen LogP contribution in [-0.2, 0) is 9.53 Å². The van der Waals surface area contributed by atoms with Crippen molar-refractivity contribution >= 4 is 5.78 Å². The van der Waals surface area contributed by atoms with Crippen LogP contribution in [-0.4, -0.2) is 18.5 Å². The largest absolute Gasteiger partial charge is 0.370 e. The van der Waals surface area contributed by atoms with E-state index in [1.807, 2.05) is 0 Å². The minimum Gasteiger partial charge on any atom is -0.370 e. The Morgan fingerprint density at radius 1 is 1.70 bits per heavy atom. The van der Waals surface area contributed by atoms with Crippen LogP contribution in [0.4, 0.5) is 0 Å². The number of carbonyl (C=O) groups excluding carboxylic acids is 1. The van der Waals surface area contributed by atoms with Crippen molar-refractivity contribution in [2.75, 3.05) is 6.61 Å². The van der Waals surface area contributed by atoms with Gasteiger partial charge in [0.15, 0.2) is 5.78 Å². The van der Waals surface area contributed by atoms with Gasteiger partial charge in [0.05, 0.1) is 0 Å². The minimum absolute atomic E-state index is 0.0556. The van der Waals surface area contributed by atoms with Crippen molar-refractivity contribution in [3.05, 3.63) is 0 Å². The second-order valence-electron chi connectivity index (χ2n) is 2.72. The van der Waals surface area contributed by atoms with Gasteiger partial charge in [-0.15, -0.1) is 0 Å². The molecule has 1 saturated carbocycles. The van der Waals surface area contributed by atoms with Crippen LogP contribution in [0.15, 0.2) is 0 Å². The summed E-state index contributed by atoms with van der Waals surface area (Å²) in [7, 11) is 0. The molecule has 0 N–H and O–H groups in total. The standard InChI is InChI=1S/C8H14O2/c1-2-6-10-8-5-3-4-7(8)9/h8H,2-6H2,1H3/t8-/m0/s1. The molecule has 0 heterocycles. The Morgan fingerprint density at radius 3 is 3.00 bits per heavy atom. The normalized spacial score (nSPS) is 25.7. The summed E-state index contributed by atoms with van der Waals surface area (Å²) < 4.78 is 5.31. The van der Waals surface area contributed by atoms with E-state index < -0.39 is 0 Å². The van der Waals surface area contributed by atoms with Crippen molar-refractivity contribution in [3.63, 3.8) is 0 Å². The van der Waals surface area contributed by atoms with Crippen molar-refractivity contribution in [1.29, 1.82) is 0 Å². The van der Waals surface area contributed by atoms with Crippen LogP contribution >= 0.6 is 0 Å². The van der Waals surface area contributed by atoms with Gasteiger partial charge in [-0.3, -0.25) is 4.79 Å². The fraction of sp³-hybridized carbons (Fsp3) is 0.875. The van der Waals surface area contributed by atoms with Crippen molar-refractivity contribution in [2.24, 2.45) is 0 Å². The summed E-state index contributed by atoms with van der Waals surface area (Å²) in [4.78, 5) is 11.0. The van der Waals surface area contributed by atoms with E-state index >= 15 is 0 Å². The Bertz CT molecular complexity index is 120. The van der Waals surface area contributed by atoms with Gasteiger partial charge in [-0.2, -0.15) is 0 Å². The molecule has 2 nitrogen and oxygen atoms in total. The van der Waals surface area contributed by atoms with Crippen LogP contribution in [0.1, 0.15) is 32.6 Å². The Hall–Kier alpha value is -0.370. The van der Waals surface area contributed by atoms with Gasteiger partial charge in [0.1, 0.15) is 6.10 Å². The van der Waals surface area contributed by atoms with Gasteiger partial charge in [0.2, 0.25) is 0 Å². The number of Topliss-reactive ketones (excluding diaryl/α,β-unsaturated/α-hetero) is 1. The Balaban J connectivity index is 2.20. The molecule has 1 fully saturated rings. The first-order valence-corrected chi connectivity index (χ1v) is 3.99. The number of hydrogen-bond donors (Lipinski definition) is 0. The predicted molar refractivity (Wildman–Crippen MR) is 38.9 cm³/mol. The van der Waals surface area contributed by atoms with E-state index in [1.165, 1.54) is 0 Å². The highest BCUT2D eigenvalue weighted by Crippen LogP contribution is 2.17. The Kier molecular flexibility index (Phi) is 2.87. The first-order valence-electron chi connectivity index (χ1n) is 3.99. The fourth-order valence-electron chi connectivity index (χ4n) is 1.22. The lowest BCUT2D eigenvalue weighted by molar-refractivity contribution is -0.127. The molecule has 0 aromatic rings. The maximum atomic E-state index is 11.0. The van der Waals surface area contributed by atoms with E-state index in [4.69, 9.17) is 4.74 Å². The van der Waals surface area contributed by atoms with E-state index in [0.717, 1.165) is 32.3 Å². The molecule has 0 spiro atoms. The van der Waals surface area contributed by atoms with Gasteiger partial charge in [0.25, 0.3) is 0 Å². The lowest BCUT2D eigenvalue weighted by Crippen LogP contribution is -2.17. The third-order valence-electron chi connectivity index (χ3n) is 1.77. The zero-order valence-electron chi connectivity index (χ0n) is 6.43. The number of ketones is 1. The van der Waals surface area contributed by atoms with Crippen LogP contribution in [0.2, 0.25) is 0 Å². The molecule has 0 amide bonds. The van der Waals surface area contributed by atoms with Crippen LogP contribution < -0.4 is 0 Å². The van der Waals surface area contributed by atoms with Crippen molar-refractivity contribution in [2.45, 2.75) is 38.7 Å². The summed E-state index contributed by atoms with van der Waals surface area (Å²) in [6.45, 7) is 2.79. The average molecular weight is 142 g/mol. The Morgan fingerprint density at radius 2 is 2.50 bits per heavy atom. The monoisotopic (exact) mass is 142 g/mol. The van der Waals surface area contributed by atoms with Gasteiger partial charge in [0, 0.05) is 13.0 Å². The van der Waals surface area contributed by atoms with E-state index in [0.29, 0.717) is 5.78 Å². The topological polar surface area (TPSA) is 26.3 Å². The van der Waals surface area contributed by atoms with Gasteiger partial charge in [-0.05, 0) is 19.3 Å². The molecule has 2 heteroatoms. The molecule has 0 unspecified atom stereocenters. The maximum absolute atomic E-state index is 11.0. The first kappa shape index (κ1) is 7.73. The number of carbonyl (C=O) groups is 1. The molecule has 1 rings (SSSR count). The van der Waals surface area contributed by atoms with Gasteiger partial charge >= 0.3 is 0 Å². The molecule has 0 aromatic carbocycles. The van der Waals surface area contributed by atoms with E-state index in [1.54, 1.807) is 0 Å². The van der Waals surface area contributed by atoms with Gasteiger partial charge in [-0.1, -0.05) is 6.92 Å². The van der Waals surface area contributed by atoms with E-state index in [9.17, 15) is 4.79 Å². The van der Waals surface area contributed by atoms with Crippen molar-refractivity contribution in [3.8, 4) is 0 Å². The zero-order chi connectivity index (χ0) is 7.40. The Labute approximate surface area is 61.6 Å². The number of hydrogen-bond acceptors (Lipinski definition) is 2. The van der Waals surface area contributed by atoms with Crippen LogP contribution in [0.5, 0.6) is 0 Å². The van der Waals surface area contributed by atoms with Crippen LogP contribution in [0.3, 0.4) is 0 Å². The minimum atomic E-state index is -0.0556. The molecule has 0 saturated heterocycles. The van der Waals surface area contributed by atoms with E-state index in [2.05, 4.69) is 6.92 Å². The van der Waals surface area contributed by atoms with Crippen LogP contribution in [0, 0.1) is 0 Å².